The number of amides is 4. The number of nitrogens with one attached hydrogen (secondary N) is 4. The van der Waals surface area contributed by atoms with Crippen molar-refractivity contribution in [3.8, 4) is 11.1 Å². The van der Waals surface area contributed by atoms with Gasteiger partial charge in [0.25, 0.3) is 0 Å². The lowest BCUT2D eigenvalue weighted by molar-refractivity contribution is -0.142. The number of halogens is 2. The number of aromatic amines is 1. The van der Waals surface area contributed by atoms with E-state index in [1.807, 2.05) is 36.5 Å². The smallest absolute Gasteiger partial charge is 0.245 e. The number of rotatable bonds is 10. The second-order valence-corrected chi connectivity index (χ2v) is 15.3. The Morgan fingerprint density at radius 1 is 0.982 bits per heavy atom. The normalized spacial score (nSPS) is 18.4. The van der Waals surface area contributed by atoms with Gasteiger partial charge in [0, 0.05) is 73.4 Å². The van der Waals surface area contributed by atoms with Crippen molar-refractivity contribution in [2.45, 2.75) is 79.7 Å². The number of likely N-dealkylation sites (N-methyl/N-ethyl adjacent to an activating group) is 1. The van der Waals surface area contributed by atoms with Crippen molar-refractivity contribution in [2.24, 2.45) is 11.5 Å². The van der Waals surface area contributed by atoms with Crippen LogP contribution in [0.15, 0.2) is 89.2 Å². The molecule has 0 spiro atoms. The number of hydrogen-bond acceptors (Lipinski definition) is 9. The van der Waals surface area contributed by atoms with Crippen molar-refractivity contribution in [3.63, 3.8) is 0 Å². The Labute approximate surface area is 338 Å². The summed E-state index contributed by atoms with van der Waals surface area (Å²) in [5, 5.41) is 11.1. The Kier molecular flexibility index (Phi) is 13.9. The molecule has 3 aromatic heterocycles. The number of fused-ring (bicyclic) bond motifs is 3. The molecular formula is C41H45ClFN9O4S. The lowest BCUT2D eigenvalue weighted by atomic mass is 9.99. The molecule has 4 amide bonds. The van der Waals surface area contributed by atoms with Crippen LogP contribution in [0.2, 0.25) is 5.02 Å². The fourth-order valence-electron chi connectivity index (χ4n) is 6.95. The average Bonchev–Trinajstić information content (AvgIpc) is 3.61. The highest BCUT2D eigenvalue weighted by molar-refractivity contribution is 7.99. The van der Waals surface area contributed by atoms with Gasteiger partial charge in [-0.25, -0.2) is 9.97 Å². The van der Waals surface area contributed by atoms with Crippen LogP contribution >= 0.6 is 23.4 Å². The molecule has 5 aromatic rings. The van der Waals surface area contributed by atoms with Gasteiger partial charge in [-0.15, -0.1) is 0 Å². The lowest BCUT2D eigenvalue weighted by Crippen LogP contribution is -2.57. The second kappa shape index (κ2) is 19.2. The van der Waals surface area contributed by atoms with Crippen LogP contribution < -0.4 is 27.4 Å². The third kappa shape index (κ3) is 10.2. The number of pyridine rings is 2. The van der Waals surface area contributed by atoms with Crippen LogP contribution in [0.4, 0.5) is 4.39 Å². The van der Waals surface area contributed by atoms with E-state index in [1.165, 1.54) is 28.9 Å². The zero-order chi connectivity index (χ0) is 40.5. The minimum Gasteiger partial charge on any atom is -0.370 e. The summed E-state index contributed by atoms with van der Waals surface area (Å²) < 4.78 is 14.6. The first-order valence-corrected chi connectivity index (χ1v) is 19.9. The Bertz CT molecular complexity index is 2260. The summed E-state index contributed by atoms with van der Waals surface area (Å²) in [7, 11) is 1.55. The number of hydrogen-bond donors (Lipinski definition) is 6. The molecule has 16 heteroatoms. The van der Waals surface area contributed by atoms with E-state index in [-0.39, 0.29) is 38.8 Å². The summed E-state index contributed by atoms with van der Waals surface area (Å²) in [6.45, 7) is 0.508. The zero-order valence-electron chi connectivity index (χ0n) is 31.4. The number of carbonyl (C=O) groups is 4. The highest BCUT2D eigenvalue weighted by atomic mass is 35.5. The standard InChI is InChI=1S/C41H45ClFN9O4S/c1-52-34(19-26-22-48-31-9-3-2-8-28(26)31)39(55)50-23-29-27(24-15-18-46-35(43)20-24)11-12-30(42)37(29)57-40-25(7-6-17-47-40)21-49-32(13-14-36(45)53)38(54)51-33(41(52)56)10-4-5-16-44/h2-3,6-9,11-12,15,17-18,20,22,32-34,48-49H,4-5,10,13-14,16,19,21,23,44H2,1H3,(H2,45,53)(H,50,55)(H,51,54). The predicted molar refractivity (Wildman–Crippen MR) is 217 cm³/mol. The molecule has 0 aliphatic carbocycles. The summed E-state index contributed by atoms with van der Waals surface area (Å²) in [5.74, 6) is -2.69. The van der Waals surface area contributed by atoms with E-state index in [0.717, 1.165) is 16.5 Å². The topological polar surface area (TPSA) is 201 Å². The average molecular weight is 814 g/mol. The van der Waals surface area contributed by atoms with E-state index in [0.29, 0.717) is 56.6 Å². The van der Waals surface area contributed by atoms with E-state index in [4.69, 9.17) is 23.1 Å². The van der Waals surface area contributed by atoms with Gasteiger partial charge in [0.2, 0.25) is 29.6 Å². The molecule has 2 aromatic carbocycles. The van der Waals surface area contributed by atoms with Crippen molar-refractivity contribution >= 4 is 57.9 Å². The molecule has 6 rings (SSSR count). The van der Waals surface area contributed by atoms with Gasteiger partial charge in [-0.1, -0.05) is 53.7 Å². The molecule has 0 saturated carbocycles. The molecule has 0 bridgehead atoms. The van der Waals surface area contributed by atoms with Crippen molar-refractivity contribution in [2.75, 3.05) is 13.6 Å². The van der Waals surface area contributed by atoms with Gasteiger partial charge in [-0.05, 0) is 84.3 Å². The first kappa shape index (κ1) is 41.3. The molecule has 3 unspecified atom stereocenters. The molecule has 8 N–H and O–H groups in total. The van der Waals surface area contributed by atoms with Crippen molar-refractivity contribution in [1.29, 1.82) is 0 Å². The van der Waals surface area contributed by atoms with Crippen molar-refractivity contribution < 1.29 is 23.6 Å². The lowest BCUT2D eigenvalue weighted by Gasteiger charge is -2.32. The van der Waals surface area contributed by atoms with E-state index >= 15 is 0 Å². The number of carbonyl (C=O) groups excluding carboxylic acids is 4. The quantitative estimate of drug-likeness (QED) is 0.0861. The fourth-order valence-corrected chi connectivity index (χ4v) is 8.29. The van der Waals surface area contributed by atoms with Gasteiger partial charge in [0.15, 0.2) is 0 Å². The molecule has 4 heterocycles. The maximum Gasteiger partial charge on any atom is 0.245 e. The minimum absolute atomic E-state index is 0.0420. The van der Waals surface area contributed by atoms with Crippen LogP contribution in [0.25, 0.3) is 22.0 Å². The largest absolute Gasteiger partial charge is 0.370 e. The Morgan fingerprint density at radius 2 is 1.81 bits per heavy atom. The van der Waals surface area contributed by atoms with Crippen LogP contribution in [-0.2, 0) is 38.7 Å². The van der Waals surface area contributed by atoms with Gasteiger partial charge >= 0.3 is 0 Å². The van der Waals surface area contributed by atoms with Gasteiger partial charge in [0.1, 0.15) is 17.1 Å². The molecule has 57 heavy (non-hydrogen) atoms. The molecular weight excluding hydrogens is 769 g/mol. The third-order valence-electron chi connectivity index (χ3n) is 10.0. The van der Waals surface area contributed by atoms with E-state index in [9.17, 15) is 23.6 Å². The second-order valence-electron chi connectivity index (χ2n) is 13.9. The SMILES string of the molecule is CN1C(=O)C(CCCCN)NC(=O)C(CCC(N)=O)NCc2cccnc2Sc2c(Cl)ccc(-c3ccnc(F)c3)c2CNC(=O)C1Cc1c[nH]c2ccccc12. The van der Waals surface area contributed by atoms with Gasteiger partial charge in [-0.2, -0.15) is 4.39 Å². The number of H-pyrrole nitrogens is 1. The van der Waals surface area contributed by atoms with Crippen LogP contribution in [0.5, 0.6) is 0 Å². The van der Waals surface area contributed by atoms with Gasteiger partial charge in [0.05, 0.1) is 11.1 Å². The number of primary amides is 1. The Balaban J connectivity index is 1.48. The number of aromatic nitrogens is 3. The number of benzene rings is 2. The molecule has 13 nitrogen and oxygen atoms in total. The summed E-state index contributed by atoms with van der Waals surface area (Å²) >= 11 is 8.20. The van der Waals surface area contributed by atoms with Crippen molar-refractivity contribution in [1.82, 2.24) is 35.8 Å². The third-order valence-corrected chi connectivity index (χ3v) is 11.7. The molecule has 0 fully saturated rings. The Hall–Kier alpha value is -5.35. The summed E-state index contributed by atoms with van der Waals surface area (Å²) in [4.78, 5) is 68.7. The van der Waals surface area contributed by atoms with E-state index in [2.05, 4.69) is 30.9 Å². The summed E-state index contributed by atoms with van der Waals surface area (Å²) in [5.41, 5.74) is 15.4. The first-order chi connectivity index (χ1) is 27.5. The molecule has 1 aliphatic rings. The van der Waals surface area contributed by atoms with Crippen LogP contribution in [0.3, 0.4) is 0 Å². The Morgan fingerprint density at radius 3 is 2.60 bits per heavy atom. The van der Waals surface area contributed by atoms with Crippen LogP contribution in [0, 0.1) is 5.95 Å². The number of nitrogens with two attached hydrogens (primary N) is 2. The fraction of sp³-hybridized carbons (Fsp3) is 0.317. The van der Waals surface area contributed by atoms with Crippen LogP contribution in [-0.4, -0.2) is 75.2 Å². The van der Waals surface area contributed by atoms with Gasteiger partial charge < -0.3 is 37.3 Å². The van der Waals surface area contributed by atoms with E-state index in [1.54, 1.807) is 37.5 Å². The molecule has 0 saturated heterocycles. The maximum absolute atomic E-state index is 14.6. The molecule has 1 aliphatic heterocycles. The molecule has 298 valence electrons. The summed E-state index contributed by atoms with van der Waals surface area (Å²) in [6, 6.07) is 14.7. The zero-order valence-corrected chi connectivity index (χ0v) is 33.0. The highest BCUT2D eigenvalue weighted by Gasteiger charge is 2.34. The summed E-state index contributed by atoms with van der Waals surface area (Å²) in [6.07, 6.45) is 6.34. The monoisotopic (exact) mass is 813 g/mol. The van der Waals surface area contributed by atoms with E-state index < -0.39 is 47.7 Å². The predicted octanol–water partition coefficient (Wildman–Crippen LogP) is 4.61. The van der Waals surface area contributed by atoms with Gasteiger partial charge in [-0.3, -0.25) is 19.2 Å². The number of nitrogens with zero attached hydrogens (tertiary/aromatic N) is 3. The number of para-hydroxylation sites is 1. The molecule has 3 atom stereocenters. The minimum atomic E-state index is -1.04. The number of unbranched alkanes of at least 4 members (excludes halogenated alkanes) is 1. The van der Waals surface area contributed by atoms with Crippen LogP contribution in [0.1, 0.15) is 48.8 Å². The highest BCUT2D eigenvalue weighted by Crippen LogP contribution is 2.41. The maximum atomic E-state index is 14.6. The first-order valence-electron chi connectivity index (χ1n) is 18.7. The molecule has 0 radical (unpaired) electrons. The van der Waals surface area contributed by atoms with Crippen molar-refractivity contribution in [3.05, 3.63) is 107 Å².